The monoisotopic (exact) mass is 491 g/mol. The number of nitrogens with zero attached hydrogens (tertiary/aromatic N) is 4. The third-order valence-electron chi connectivity index (χ3n) is 6.69. The van der Waals surface area contributed by atoms with Crippen LogP contribution in [0.1, 0.15) is 48.6 Å². The predicted octanol–water partition coefficient (Wildman–Crippen LogP) is 3.28. The summed E-state index contributed by atoms with van der Waals surface area (Å²) in [7, 11) is 3.32. The molecule has 11 heteroatoms. The number of para-hydroxylation sites is 1. The summed E-state index contributed by atoms with van der Waals surface area (Å²) in [5.74, 6) is -0.0647. The first-order valence-electron chi connectivity index (χ1n) is 12.0. The van der Waals surface area contributed by atoms with Crippen molar-refractivity contribution in [3.05, 3.63) is 42.4 Å². The highest BCUT2D eigenvalue weighted by Crippen LogP contribution is 2.40. The summed E-state index contributed by atoms with van der Waals surface area (Å²) >= 11 is 0. The Morgan fingerprint density at radius 3 is 2.67 bits per heavy atom. The zero-order chi connectivity index (χ0) is 25.2. The van der Waals surface area contributed by atoms with Gasteiger partial charge in [0.25, 0.3) is 5.91 Å². The normalized spacial score (nSPS) is 19.2. The Kier molecular flexibility index (Phi) is 6.55. The van der Waals surface area contributed by atoms with Gasteiger partial charge in [-0.3, -0.25) is 14.3 Å². The van der Waals surface area contributed by atoms with E-state index in [1.807, 2.05) is 29.1 Å². The molecule has 0 bridgehead atoms. The van der Waals surface area contributed by atoms with Crippen LogP contribution in [0.5, 0.6) is 5.75 Å². The highest BCUT2D eigenvalue weighted by atomic mass is 16.5. The maximum absolute atomic E-state index is 12.2. The van der Waals surface area contributed by atoms with Gasteiger partial charge in [-0.2, -0.15) is 5.10 Å². The average molecular weight is 492 g/mol. The first-order chi connectivity index (χ1) is 17.5. The Bertz CT molecular complexity index is 1290. The third-order valence-corrected chi connectivity index (χ3v) is 6.69. The highest BCUT2D eigenvalue weighted by Gasteiger charge is 2.31. The number of rotatable bonds is 9. The van der Waals surface area contributed by atoms with E-state index in [4.69, 9.17) is 15.2 Å². The number of anilines is 3. The molecule has 0 spiro atoms. The zero-order valence-corrected chi connectivity index (χ0v) is 20.2. The lowest BCUT2D eigenvalue weighted by Gasteiger charge is -2.18. The van der Waals surface area contributed by atoms with Gasteiger partial charge >= 0.3 is 0 Å². The van der Waals surface area contributed by atoms with Crippen LogP contribution < -0.4 is 21.1 Å². The van der Waals surface area contributed by atoms with E-state index in [2.05, 4.69) is 25.9 Å². The molecule has 0 radical (unpaired) electrons. The van der Waals surface area contributed by atoms with Gasteiger partial charge in [-0.1, -0.05) is 12.1 Å². The summed E-state index contributed by atoms with van der Waals surface area (Å²) in [5, 5.41) is 18.4. The summed E-state index contributed by atoms with van der Waals surface area (Å²) in [4.78, 5) is 24.2. The molecule has 188 valence electrons. The van der Waals surface area contributed by atoms with Gasteiger partial charge in [-0.15, -0.1) is 10.2 Å². The summed E-state index contributed by atoms with van der Waals surface area (Å²) in [6, 6.07) is 7.37. The van der Waals surface area contributed by atoms with Crippen LogP contribution in [0, 0.1) is 5.92 Å². The van der Waals surface area contributed by atoms with Gasteiger partial charge in [0.2, 0.25) is 5.91 Å². The number of amides is 2. The van der Waals surface area contributed by atoms with Crippen LogP contribution in [-0.4, -0.2) is 52.1 Å². The molecule has 2 saturated carbocycles. The molecule has 11 nitrogen and oxygen atoms in total. The second-order valence-electron chi connectivity index (χ2n) is 9.11. The van der Waals surface area contributed by atoms with E-state index in [1.54, 1.807) is 26.5 Å². The molecule has 0 unspecified atom stereocenters. The van der Waals surface area contributed by atoms with Crippen molar-refractivity contribution in [2.75, 3.05) is 24.9 Å². The van der Waals surface area contributed by atoms with Crippen molar-refractivity contribution in [3.8, 4) is 16.9 Å². The van der Waals surface area contributed by atoms with Crippen LogP contribution in [-0.2, 0) is 9.53 Å². The van der Waals surface area contributed by atoms with E-state index in [9.17, 15) is 9.59 Å². The van der Waals surface area contributed by atoms with Crippen LogP contribution in [0.3, 0.4) is 0 Å². The fraction of sp³-hybridized carbons (Fsp3) is 0.400. The number of methoxy groups -OCH3 is 2. The van der Waals surface area contributed by atoms with E-state index < -0.39 is 5.91 Å². The molecule has 2 heterocycles. The molecule has 36 heavy (non-hydrogen) atoms. The number of benzene rings is 1. The quantitative estimate of drug-likeness (QED) is 0.413. The third kappa shape index (κ3) is 4.74. The second kappa shape index (κ2) is 9.94. The van der Waals surface area contributed by atoms with Gasteiger partial charge in [0.1, 0.15) is 5.75 Å². The molecule has 1 aromatic carbocycles. The van der Waals surface area contributed by atoms with E-state index in [0.29, 0.717) is 17.1 Å². The largest absolute Gasteiger partial charge is 0.494 e. The number of primary amides is 1. The zero-order valence-electron chi connectivity index (χ0n) is 20.2. The molecule has 0 saturated heterocycles. The van der Waals surface area contributed by atoms with Crippen LogP contribution in [0.25, 0.3) is 11.1 Å². The van der Waals surface area contributed by atoms with Gasteiger partial charge in [-0.05, 0) is 38.2 Å². The van der Waals surface area contributed by atoms with Crippen LogP contribution in [0.4, 0.5) is 17.2 Å². The number of ether oxygens (including phenoxy) is 2. The number of hydrogen-bond acceptors (Lipinski definition) is 8. The van der Waals surface area contributed by atoms with Crippen molar-refractivity contribution in [2.45, 2.75) is 44.2 Å². The number of hydrogen-bond donors (Lipinski definition) is 3. The maximum Gasteiger partial charge on any atom is 0.271 e. The molecule has 3 aromatic rings. The fourth-order valence-corrected chi connectivity index (χ4v) is 4.67. The van der Waals surface area contributed by atoms with Gasteiger partial charge in [0.15, 0.2) is 11.5 Å². The Morgan fingerprint density at radius 2 is 1.94 bits per heavy atom. The number of carbonyl (C=O) groups excluding carboxylic acids is 2. The van der Waals surface area contributed by atoms with E-state index in [0.717, 1.165) is 43.2 Å². The molecular formula is C25H29N7O4. The van der Waals surface area contributed by atoms with Gasteiger partial charge in [-0.25, -0.2) is 0 Å². The van der Waals surface area contributed by atoms with E-state index >= 15 is 0 Å². The molecule has 4 N–H and O–H groups in total. The Labute approximate surface area is 208 Å². The number of nitrogens with one attached hydrogen (secondary N) is 2. The molecule has 2 amide bonds. The van der Waals surface area contributed by atoms with Gasteiger partial charge < -0.3 is 25.8 Å². The van der Waals surface area contributed by atoms with Crippen LogP contribution in [0.2, 0.25) is 0 Å². The molecule has 2 aliphatic carbocycles. The molecule has 0 aliphatic heterocycles. The minimum absolute atomic E-state index is 0.000110. The number of carbonyl (C=O) groups is 2. The maximum atomic E-state index is 12.2. The van der Waals surface area contributed by atoms with Crippen molar-refractivity contribution < 1.29 is 19.1 Å². The highest BCUT2D eigenvalue weighted by molar-refractivity contribution is 5.99. The molecule has 2 fully saturated rings. The lowest BCUT2D eigenvalue weighted by atomic mass is 10.1. The lowest BCUT2D eigenvalue weighted by Crippen LogP contribution is -2.20. The minimum Gasteiger partial charge on any atom is -0.494 e. The van der Waals surface area contributed by atoms with E-state index in [1.165, 1.54) is 0 Å². The number of nitrogens with two attached hydrogens (primary N) is 1. The minimum atomic E-state index is -0.745. The molecule has 2 aromatic heterocycles. The summed E-state index contributed by atoms with van der Waals surface area (Å²) in [5.41, 5.74) is 8.09. The number of aromatic nitrogens is 4. The Balaban J connectivity index is 1.45. The van der Waals surface area contributed by atoms with Crippen molar-refractivity contribution in [3.63, 3.8) is 0 Å². The standard InChI is InChI=1S/C25H29N7O4/c1-35-20-8-4-7-19(20)32-13-15(12-27-32)16-5-3-6-17(23(16)36-2)28-18-11-21(29-25(34)14-9-10-14)30-31-22(18)24(26)33/h3,5-6,11-14,19-20H,4,7-10H2,1-2H3,(H2,26,33)(H2,28,29,30,34)/t19-,20-/m1/s1. The topological polar surface area (TPSA) is 146 Å². The van der Waals surface area contributed by atoms with Crippen molar-refractivity contribution >= 4 is 29.0 Å². The second-order valence-corrected chi connectivity index (χ2v) is 9.11. The predicted molar refractivity (Wildman–Crippen MR) is 133 cm³/mol. The molecule has 2 atom stereocenters. The fourth-order valence-electron chi connectivity index (χ4n) is 4.67. The molecular weight excluding hydrogens is 462 g/mol. The van der Waals surface area contributed by atoms with Crippen molar-refractivity contribution in [1.29, 1.82) is 0 Å². The van der Waals surface area contributed by atoms with Gasteiger partial charge in [0.05, 0.1) is 36.8 Å². The summed E-state index contributed by atoms with van der Waals surface area (Å²) in [6.45, 7) is 0. The smallest absolute Gasteiger partial charge is 0.271 e. The molecule has 2 aliphatic rings. The van der Waals surface area contributed by atoms with Gasteiger partial charge in [0, 0.05) is 36.4 Å². The Hall–Kier alpha value is -3.99. The Morgan fingerprint density at radius 1 is 1.11 bits per heavy atom. The lowest BCUT2D eigenvalue weighted by molar-refractivity contribution is -0.117. The average Bonchev–Trinajstić information content (AvgIpc) is 3.42. The van der Waals surface area contributed by atoms with Crippen LogP contribution in [0.15, 0.2) is 36.7 Å². The summed E-state index contributed by atoms with van der Waals surface area (Å²) < 4.78 is 13.4. The first kappa shape index (κ1) is 23.7. The van der Waals surface area contributed by atoms with Crippen molar-refractivity contribution in [1.82, 2.24) is 20.0 Å². The van der Waals surface area contributed by atoms with Crippen LogP contribution >= 0.6 is 0 Å². The SMILES string of the molecule is COc1c(Nc2cc(NC(=O)C3CC3)nnc2C(N)=O)cccc1-c1cnn([C@@H]2CCC[C@H]2OC)c1. The summed E-state index contributed by atoms with van der Waals surface area (Å²) in [6.07, 6.45) is 8.81. The molecule has 5 rings (SSSR count). The van der Waals surface area contributed by atoms with Crippen molar-refractivity contribution in [2.24, 2.45) is 11.7 Å². The van der Waals surface area contributed by atoms with E-state index in [-0.39, 0.29) is 35.5 Å². The first-order valence-corrected chi connectivity index (χ1v) is 12.0.